The second-order valence-corrected chi connectivity index (χ2v) is 8.89. The minimum Gasteiger partial charge on any atom is -0.325 e. The quantitative estimate of drug-likeness (QED) is 0.637. The van der Waals surface area contributed by atoms with Gasteiger partial charge in [0.05, 0.1) is 28.8 Å². The summed E-state index contributed by atoms with van der Waals surface area (Å²) in [6, 6.07) is 8.94. The molecule has 6 nitrogen and oxygen atoms in total. The van der Waals surface area contributed by atoms with Crippen LogP contribution in [0.3, 0.4) is 0 Å². The summed E-state index contributed by atoms with van der Waals surface area (Å²) >= 11 is 18.1. The summed E-state index contributed by atoms with van der Waals surface area (Å²) < 4.78 is 0. The van der Waals surface area contributed by atoms with E-state index in [0.717, 1.165) is 16.8 Å². The summed E-state index contributed by atoms with van der Waals surface area (Å²) in [6.45, 7) is 7.35. The second-order valence-electron chi connectivity index (χ2n) is 7.64. The number of nitrogens with zero attached hydrogens (tertiary/aromatic N) is 2. The Morgan fingerprint density at radius 3 is 1.94 bits per heavy atom. The molecule has 0 radical (unpaired) electrons. The van der Waals surface area contributed by atoms with Crippen LogP contribution in [0, 0.1) is 13.8 Å². The van der Waals surface area contributed by atoms with Gasteiger partial charge in [-0.1, -0.05) is 46.9 Å². The predicted molar refractivity (Wildman–Crippen MR) is 128 cm³/mol. The monoisotopic (exact) mass is 482 g/mol. The van der Waals surface area contributed by atoms with E-state index in [4.69, 9.17) is 34.8 Å². The molecule has 0 aromatic heterocycles. The summed E-state index contributed by atoms with van der Waals surface area (Å²) in [6.07, 6.45) is 0. The van der Waals surface area contributed by atoms with E-state index in [-0.39, 0.29) is 18.4 Å². The first-order valence-electron chi connectivity index (χ1n) is 9.98. The molecule has 31 heavy (non-hydrogen) atoms. The number of aryl methyl sites for hydroxylation is 1. The Kier molecular flexibility index (Phi) is 8.19. The Bertz CT molecular complexity index is 952. The van der Waals surface area contributed by atoms with Crippen molar-refractivity contribution in [2.75, 3.05) is 49.9 Å². The van der Waals surface area contributed by atoms with Crippen molar-refractivity contribution in [3.8, 4) is 0 Å². The molecule has 0 spiro atoms. The SMILES string of the molecule is Cc1cccc(NC(=O)CN2CCN(CC(=O)Nc3c(Cl)cc(Cl)cc3Cl)CC2)c1C. The van der Waals surface area contributed by atoms with Crippen molar-refractivity contribution in [1.29, 1.82) is 0 Å². The minimum atomic E-state index is -0.202. The first-order valence-corrected chi connectivity index (χ1v) is 11.1. The number of hydrogen-bond acceptors (Lipinski definition) is 4. The van der Waals surface area contributed by atoms with Crippen LogP contribution in [0.25, 0.3) is 0 Å². The molecule has 1 saturated heterocycles. The first kappa shape index (κ1) is 23.8. The van der Waals surface area contributed by atoms with Crippen molar-refractivity contribution in [3.05, 3.63) is 56.5 Å². The van der Waals surface area contributed by atoms with E-state index in [1.807, 2.05) is 36.9 Å². The van der Waals surface area contributed by atoms with Crippen molar-refractivity contribution in [2.45, 2.75) is 13.8 Å². The summed E-state index contributed by atoms with van der Waals surface area (Å²) in [5.74, 6) is -0.237. The second kappa shape index (κ2) is 10.7. The van der Waals surface area contributed by atoms with Crippen molar-refractivity contribution >= 4 is 58.0 Å². The van der Waals surface area contributed by atoms with E-state index in [2.05, 4.69) is 15.5 Å². The van der Waals surface area contributed by atoms with Crippen LogP contribution in [-0.4, -0.2) is 60.9 Å². The molecule has 0 atom stereocenters. The van der Waals surface area contributed by atoms with Crippen molar-refractivity contribution in [3.63, 3.8) is 0 Å². The molecule has 1 fully saturated rings. The third-order valence-corrected chi connectivity index (χ3v) is 6.16. The lowest BCUT2D eigenvalue weighted by Gasteiger charge is -2.33. The van der Waals surface area contributed by atoms with Crippen LogP contribution in [0.1, 0.15) is 11.1 Å². The van der Waals surface area contributed by atoms with Gasteiger partial charge in [0.1, 0.15) is 0 Å². The minimum absolute atomic E-state index is 0.0353. The molecule has 3 rings (SSSR count). The molecule has 1 heterocycles. The van der Waals surface area contributed by atoms with Crippen LogP contribution in [0.15, 0.2) is 30.3 Å². The van der Waals surface area contributed by atoms with Gasteiger partial charge in [-0.3, -0.25) is 19.4 Å². The fraction of sp³-hybridized carbons (Fsp3) is 0.364. The zero-order valence-corrected chi connectivity index (χ0v) is 19.7. The van der Waals surface area contributed by atoms with Gasteiger partial charge in [0, 0.05) is 36.9 Å². The number of piperazine rings is 1. The Morgan fingerprint density at radius 2 is 1.39 bits per heavy atom. The van der Waals surface area contributed by atoms with Crippen molar-refractivity contribution < 1.29 is 9.59 Å². The number of benzene rings is 2. The predicted octanol–water partition coefficient (Wildman–Crippen LogP) is 4.46. The van der Waals surface area contributed by atoms with Gasteiger partial charge in [-0.15, -0.1) is 0 Å². The Labute approximate surface area is 197 Å². The van der Waals surface area contributed by atoms with Crippen LogP contribution < -0.4 is 10.6 Å². The molecule has 0 bridgehead atoms. The molecule has 0 unspecified atom stereocenters. The van der Waals surface area contributed by atoms with Crippen LogP contribution in [0.5, 0.6) is 0 Å². The molecule has 2 aromatic carbocycles. The molecule has 2 amide bonds. The fourth-order valence-electron chi connectivity index (χ4n) is 3.43. The maximum absolute atomic E-state index is 12.4. The lowest BCUT2D eigenvalue weighted by molar-refractivity contribution is -0.120. The smallest absolute Gasteiger partial charge is 0.238 e. The Hall–Kier alpha value is -1.83. The Balaban J connectivity index is 1.45. The summed E-state index contributed by atoms with van der Waals surface area (Å²) in [7, 11) is 0. The molecular formula is C22H25Cl3N4O2. The van der Waals surface area contributed by atoms with Crippen molar-refractivity contribution in [2.24, 2.45) is 0 Å². The van der Waals surface area contributed by atoms with Crippen LogP contribution in [0.2, 0.25) is 15.1 Å². The van der Waals surface area contributed by atoms with Gasteiger partial charge in [0.25, 0.3) is 0 Å². The van der Waals surface area contributed by atoms with Crippen LogP contribution in [0.4, 0.5) is 11.4 Å². The van der Waals surface area contributed by atoms with Gasteiger partial charge >= 0.3 is 0 Å². The number of rotatable bonds is 6. The van der Waals surface area contributed by atoms with Gasteiger partial charge in [-0.25, -0.2) is 0 Å². The molecular weight excluding hydrogens is 459 g/mol. The standard InChI is InChI=1S/C22H25Cl3N4O2/c1-14-4-3-5-19(15(14)2)26-20(30)12-28-6-8-29(9-7-28)13-21(31)27-22-17(24)10-16(23)11-18(22)25/h3-5,10-11H,6-9,12-13H2,1-2H3,(H,26,30)(H,27,31). The third kappa shape index (κ3) is 6.57. The van der Waals surface area contributed by atoms with E-state index in [9.17, 15) is 9.59 Å². The van der Waals surface area contributed by atoms with Gasteiger partial charge in [-0.2, -0.15) is 0 Å². The highest BCUT2D eigenvalue weighted by molar-refractivity contribution is 6.42. The van der Waals surface area contributed by atoms with Crippen LogP contribution in [-0.2, 0) is 9.59 Å². The van der Waals surface area contributed by atoms with E-state index < -0.39 is 0 Å². The zero-order chi connectivity index (χ0) is 22.5. The zero-order valence-electron chi connectivity index (χ0n) is 17.5. The van der Waals surface area contributed by atoms with Crippen LogP contribution >= 0.6 is 34.8 Å². The average molecular weight is 484 g/mol. The largest absolute Gasteiger partial charge is 0.325 e. The fourth-order valence-corrected chi connectivity index (χ4v) is 4.34. The molecule has 0 aliphatic carbocycles. The van der Waals surface area contributed by atoms with Gasteiger partial charge in [-0.05, 0) is 43.2 Å². The number of anilines is 2. The average Bonchev–Trinajstić information content (AvgIpc) is 2.70. The lowest BCUT2D eigenvalue weighted by Crippen LogP contribution is -2.50. The van der Waals surface area contributed by atoms with Gasteiger partial charge in [0.15, 0.2) is 0 Å². The molecule has 1 aliphatic rings. The number of nitrogens with one attached hydrogen (secondary N) is 2. The van der Waals surface area contributed by atoms with E-state index in [0.29, 0.717) is 53.5 Å². The highest BCUT2D eigenvalue weighted by atomic mass is 35.5. The molecule has 1 aliphatic heterocycles. The molecule has 9 heteroatoms. The van der Waals surface area contributed by atoms with Gasteiger partial charge in [0.2, 0.25) is 11.8 Å². The van der Waals surface area contributed by atoms with Gasteiger partial charge < -0.3 is 10.6 Å². The molecule has 2 N–H and O–H groups in total. The molecule has 0 saturated carbocycles. The molecule has 2 aromatic rings. The molecule has 166 valence electrons. The Morgan fingerprint density at radius 1 is 0.871 bits per heavy atom. The summed E-state index contributed by atoms with van der Waals surface area (Å²) in [4.78, 5) is 29.0. The van der Waals surface area contributed by atoms with Crippen molar-refractivity contribution in [1.82, 2.24) is 9.80 Å². The number of carbonyl (C=O) groups is 2. The third-order valence-electron chi connectivity index (χ3n) is 5.35. The van der Waals surface area contributed by atoms with E-state index in [1.165, 1.54) is 12.1 Å². The number of halogens is 3. The topological polar surface area (TPSA) is 64.7 Å². The number of hydrogen-bond donors (Lipinski definition) is 2. The highest BCUT2D eigenvalue weighted by Crippen LogP contribution is 2.33. The summed E-state index contributed by atoms with van der Waals surface area (Å²) in [5, 5.41) is 6.75. The normalized spacial score (nSPS) is 15.0. The maximum atomic E-state index is 12.4. The summed E-state index contributed by atoms with van der Waals surface area (Å²) in [5.41, 5.74) is 3.43. The first-order chi connectivity index (χ1) is 14.7. The number of carbonyl (C=O) groups excluding carboxylic acids is 2. The lowest BCUT2D eigenvalue weighted by atomic mass is 10.1. The highest BCUT2D eigenvalue weighted by Gasteiger charge is 2.21. The van der Waals surface area contributed by atoms with E-state index >= 15 is 0 Å². The maximum Gasteiger partial charge on any atom is 0.238 e. The van der Waals surface area contributed by atoms with E-state index in [1.54, 1.807) is 0 Å². The number of amides is 2.